The molecule has 1 aromatic carbocycles. The van der Waals surface area contributed by atoms with Crippen molar-refractivity contribution < 1.29 is 4.74 Å². The molecule has 0 aliphatic rings. The Balaban J connectivity index is 2.33. The van der Waals surface area contributed by atoms with Crippen LogP contribution >= 0.6 is 47.8 Å². The Hall–Kier alpha value is -0.430. The third-order valence-electron chi connectivity index (χ3n) is 2.22. The number of nitrogens with zero attached hydrogens (tertiary/aromatic N) is 1. The molecule has 0 bridgehead atoms. The van der Waals surface area contributed by atoms with Gasteiger partial charge in [-0.05, 0) is 56.1 Å². The fourth-order valence-corrected chi connectivity index (χ4v) is 2.87. The number of aromatic nitrogens is 1. The Morgan fingerprint density at radius 1 is 1.11 bits per heavy atom. The summed E-state index contributed by atoms with van der Waals surface area (Å²) in [7, 11) is 0. The van der Waals surface area contributed by atoms with Gasteiger partial charge in [0.2, 0.25) is 5.88 Å². The van der Waals surface area contributed by atoms with Crippen LogP contribution in [-0.2, 0) is 6.54 Å². The van der Waals surface area contributed by atoms with Gasteiger partial charge in [0.15, 0.2) is 0 Å². The average Bonchev–Trinajstić information content (AvgIpc) is 2.34. The van der Waals surface area contributed by atoms with E-state index in [1.54, 1.807) is 6.20 Å². The van der Waals surface area contributed by atoms with Crippen LogP contribution in [0.25, 0.3) is 0 Å². The number of nitrogens with two attached hydrogens (primary N) is 1. The third kappa shape index (κ3) is 3.32. The van der Waals surface area contributed by atoms with Gasteiger partial charge in [-0.1, -0.05) is 15.9 Å². The summed E-state index contributed by atoms with van der Waals surface area (Å²) in [5.74, 6) is 1.21. The number of pyridine rings is 1. The van der Waals surface area contributed by atoms with Crippen LogP contribution in [0.15, 0.2) is 43.9 Å². The molecular weight excluding hydrogens is 428 g/mol. The number of benzene rings is 1. The van der Waals surface area contributed by atoms with Crippen molar-refractivity contribution in [2.45, 2.75) is 6.54 Å². The highest BCUT2D eigenvalue weighted by Crippen LogP contribution is 2.32. The molecule has 0 radical (unpaired) electrons. The van der Waals surface area contributed by atoms with Crippen molar-refractivity contribution >= 4 is 47.8 Å². The van der Waals surface area contributed by atoms with Crippen molar-refractivity contribution in [3.8, 4) is 11.6 Å². The SMILES string of the molecule is NCc1cc(Br)ccc1Oc1ncc(Br)cc1Br. The van der Waals surface area contributed by atoms with E-state index >= 15 is 0 Å². The van der Waals surface area contributed by atoms with Gasteiger partial charge in [-0.2, -0.15) is 0 Å². The molecule has 3 nitrogen and oxygen atoms in total. The van der Waals surface area contributed by atoms with Crippen molar-refractivity contribution in [3.05, 3.63) is 49.4 Å². The zero-order valence-corrected chi connectivity index (χ0v) is 13.9. The molecule has 0 saturated heterocycles. The second kappa shape index (κ2) is 6.14. The van der Waals surface area contributed by atoms with Gasteiger partial charge in [0, 0.05) is 27.3 Å². The second-order valence-electron chi connectivity index (χ2n) is 3.50. The minimum Gasteiger partial charge on any atom is -0.438 e. The minimum absolute atomic E-state index is 0.406. The lowest BCUT2D eigenvalue weighted by Gasteiger charge is -2.10. The molecule has 1 aromatic heterocycles. The summed E-state index contributed by atoms with van der Waals surface area (Å²) in [5, 5.41) is 0. The first kappa shape index (κ1) is 14.0. The summed E-state index contributed by atoms with van der Waals surface area (Å²) in [4.78, 5) is 4.20. The van der Waals surface area contributed by atoms with Gasteiger partial charge in [-0.25, -0.2) is 4.98 Å². The fourth-order valence-electron chi connectivity index (χ4n) is 1.39. The van der Waals surface area contributed by atoms with Gasteiger partial charge in [-0.3, -0.25) is 0 Å². The number of hydrogen-bond acceptors (Lipinski definition) is 3. The van der Waals surface area contributed by atoms with Gasteiger partial charge < -0.3 is 10.5 Å². The van der Waals surface area contributed by atoms with Crippen LogP contribution in [0.2, 0.25) is 0 Å². The van der Waals surface area contributed by atoms with Gasteiger partial charge in [-0.15, -0.1) is 0 Å². The molecule has 0 aliphatic carbocycles. The predicted octanol–water partition coefficient (Wildman–Crippen LogP) is 4.62. The first-order chi connectivity index (χ1) is 8.60. The van der Waals surface area contributed by atoms with E-state index in [2.05, 4.69) is 52.8 Å². The summed E-state index contributed by atoms with van der Waals surface area (Å²) in [5.41, 5.74) is 6.61. The molecule has 2 rings (SSSR count). The number of rotatable bonds is 3. The zero-order valence-electron chi connectivity index (χ0n) is 9.16. The summed E-state index contributed by atoms with van der Waals surface area (Å²) < 4.78 is 8.40. The van der Waals surface area contributed by atoms with Crippen LogP contribution in [0.3, 0.4) is 0 Å². The van der Waals surface area contributed by atoms with E-state index in [0.29, 0.717) is 18.2 Å². The van der Waals surface area contributed by atoms with E-state index in [1.807, 2.05) is 24.3 Å². The molecule has 0 amide bonds. The highest BCUT2D eigenvalue weighted by atomic mass is 79.9. The molecule has 2 aromatic rings. The van der Waals surface area contributed by atoms with Crippen LogP contribution in [0.1, 0.15) is 5.56 Å². The molecule has 18 heavy (non-hydrogen) atoms. The lowest BCUT2D eigenvalue weighted by Crippen LogP contribution is -2.00. The molecule has 0 spiro atoms. The molecule has 94 valence electrons. The largest absolute Gasteiger partial charge is 0.438 e. The van der Waals surface area contributed by atoms with Crippen molar-refractivity contribution in [1.29, 1.82) is 0 Å². The Kier molecular flexibility index (Phi) is 4.77. The Morgan fingerprint density at radius 3 is 2.56 bits per heavy atom. The number of ether oxygens (including phenoxy) is 1. The quantitative estimate of drug-likeness (QED) is 0.763. The molecule has 2 N–H and O–H groups in total. The molecule has 0 unspecified atom stereocenters. The summed E-state index contributed by atoms with van der Waals surface area (Å²) in [6, 6.07) is 7.58. The Morgan fingerprint density at radius 2 is 1.89 bits per heavy atom. The standard InChI is InChI=1S/C12H9Br3N2O/c13-8-1-2-11(7(3-8)5-16)18-12-10(15)4-9(14)6-17-12/h1-4,6H,5,16H2. The minimum atomic E-state index is 0.406. The van der Waals surface area contributed by atoms with E-state index in [0.717, 1.165) is 19.0 Å². The molecule has 6 heteroatoms. The lowest BCUT2D eigenvalue weighted by atomic mass is 10.2. The number of hydrogen-bond donors (Lipinski definition) is 1. The van der Waals surface area contributed by atoms with E-state index < -0.39 is 0 Å². The predicted molar refractivity (Wildman–Crippen MR) is 81.7 cm³/mol. The number of halogens is 3. The summed E-state index contributed by atoms with van der Waals surface area (Å²) in [6.45, 7) is 0.406. The Bertz CT molecular complexity index is 575. The second-order valence-corrected chi connectivity index (χ2v) is 6.18. The fraction of sp³-hybridized carbons (Fsp3) is 0.0833. The summed E-state index contributed by atoms with van der Waals surface area (Å²) >= 11 is 10.2. The molecular formula is C12H9Br3N2O. The van der Waals surface area contributed by atoms with Crippen molar-refractivity contribution in [3.63, 3.8) is 0 Å². The molecule has 0 saturated carbocycles. The van der Waals surface area contributed by atoms with Gasteiger partial charge in [0.25, 0.3) is 0 Å². The Labute approximate surface area is 130 Å². The van der Waals surface area contributed by atoms with Crippen molar-refractivity contribution in [2.75, 3.05) is 0 Å². The molecule has 0 aliphatic heterocycles. The van der Waals surface area contributed by atoms with Gasteiger partial charge in [0.05, 0.1) is 4.47 Å². The van der Waals surface area contributed by atoms with Crippen LogP contribution in [-0.4, -0.2) is 4.98 Å². The van der Waals surface area contributed by atoms with E-state index in [1.165, 1.54) is 0 Å². The van der Waals surface area contributed by atoms with E-state index in [9.17, 15) is 0 Å². The van der Waals surface area contributed by atoms with E-state index in [4.69, 9.17) is 10.5 Å². The van der Waals surface area contributed by atoms with Crippen LogP contribution in [0.4, 0.5) is 0 Å². The topological polar surface area (TPSA) is 48.1 Å². The molecule has 0 atom stereocenters. The lowest BCUT2D eigenvalue weighted by molar-refractivity contribution is 0.454. The first-order valence-corrected chi connectivity index (χ1v) is 7.45. The van der Waals surface area contributed by atoms with Crippen LogP contribution in [0, 0.1) is 0 Å². The van der Waals surface area contributed by atoms with Gasteiger partial charge >= 0.3 is 0 Å². The average molecular weight is 437 g/mol. The summed E-state index contributed by atoms with van der Waals surface area (Å²) in [6.07, 6.45) is 1.68. The third-order valence-corrected chi connectivity index (χ3v) is 3.72. The molecule has 1 heterocycles. The molecule has 0 fully saturated rings. The monoisotopic (exact) mass is 434 g/mol. The van der Waals surface area contributed by atoms with Gasteiger partial charge in [0.1, 0.15) is 5.75 Å². The maximum Gasteiger partial charge on any atom is 0.233 e. The smallest absolute Gasteiger partial charge is 0.233 e. The first-order valence-electron chi connectivity index (χ1n) is 5.07. The normalized spacial score (nSPS) is 10.4. The highest BCUT2D eigenvalue weighted by Gasteiger charge is 2.08. The van der Waals surface area contributed by atoms with Crippen molar-refractivity contribution in [1.82, 2.24) is 4.98 Å². The maximum atomic E-state index is 5.76. The van der Waals surface area contributed by atoms with Crippen molar-refractivity contribution in [2.24, 2.45) is 5.73 Å². The van der Waals surface area contributed by atoms with Crippen LogP contribution in [0.5, 0.6) is 11.6 Å². The maximum absolute atomic E-state index is 5.76. The van der Waals surface area contributed by atoms with E-state index in [-0.39, 0.29) is 0 Å². The van der Waals surface area contributed by atoms with Crippen LogP contribution < -0.4 is 10.5 Å². The highest BCUT2D eigenvalue weighted by molar-refractivity contribution is 9.11. The zero-order chi connectivity index (χ0) is 13.1.